The van der Waals surface area contributed by atoms with Crippen LogP contribution in [-0.2, 0) is 9.53 Å². The summed E-state index contributed by atoms with van der Waals surface area (Å²) in [5.74, 6) is 0.448. The highest BCUT2D eigenvalue weighted by Crippen LogP contribution is 2.39. The fourth-order valence-electron chi connectivity index (χ4n) is 3.41. The SMILES string of the molecule is O=C(C1CCOC1)N1C2CCC1CC(Cl)C2. The predicted octanol–water partition coefficient (Wildman–Crippen LogP) is 1.78. The van der Waals surface area contributed by atoms with Crippen molar-refractivity contribution in [3.05, 3.63) is 0 Å². The van der Waals surface area contributed by atoms with Crippen LogP contribution in [0, 0.1) is 5.92 Å². The van der Waals surface area contributed by atoms with Gasteiger partial charge in [0.1, 0.15) is 0 Å². The summed E-state index contributed by atoms with van der Waals surface area (Å²) in [5.41, 5.74) is 0. The first kappa shape index (κ1) is 10.8. The number of carbonyl (C=O) groups excluding carboxylic acids is 1. The predicted molar refractivity (Wildman–Crippen MR) is 61.5 cm³/mol. The van der Waals surface area contributed by atoms with Gasteiger partial charge in [-0.25, -0.2) is 0 Å². The Kier molecular flexibility index (Phi) is 2.84. The van der Waals surface area contributed by atoms with E-state index >= 15 is 0 Å². The fraction of sp³-hybridized carbons (Fsp3) is 0.917. The van der Waals surface area contributed by atoms with Gasteiger partial charge in [-0.05, 0) is 32.1 Å². The van der Waals surface area contributed by atoms with Gasteiger partial charge < -0.3 is 9.64 Å². The molecule has 3 unspecified atom stereocenters. The molecule has 3 heterocycles. The first-order chi connectivity index (χ1) is 7.75. The topological polar surface area (TPSA) is 29.5 Å². The van der Waals surface area contributed by atoms with Crippen LogP contribution in [0.5, 0.6) is 0 Å². The molecule has 0 N–H and O–H groups in total. The van der Waals surface area contributed by atoms with E-state index in [0.717, 1.165) is 38.7 Å². The highest BCUT2D eigenvalue weighted by atomic mass is 35.5. The minimum absolute atomic E-state index is 0.120. The van der Waals surface area contributed by atoms with Crippen LogP contribution in [0.2, 0.25) is 0 Å². The van der Waals surface area contributed by atoms with Crippen LogP contribution in [0.3, 0.4) is 0 Å². The van der Waals surface area contributed by atoms with Crippen molar-refractivity contribution in [2.75, 3.05) is 13.2 Å². The Morgan fingerprint density at radius 2 is 1.88 bits per heavy atom. The van der Waals surface area contributed by atoms with E-state index in [4.69, 9.17) is 16.3 Å². The molecular weight excluding hydrogens is 226 g/mol. The van der Waals surface area contributed by atoms with Gasteiger partial charge in [-0.1, -0.05) is 0 Å². The first-order valence-corrected chi connectivity index (χ1v) is 6.73. The summed E-state index contributed by atoms with van der Waals surface area (Å²) in [4.78, 5) is 14.5. The van der Waals surface area contributed by atoms with Gasteiger partial charge in [0.25, 0.3) is 0 Å². The van der Waals surface area contributed by atoms with Crippen LogP contribution in [0.25, 0.3) is 0 Å². The van der Waals surface area contributed by atoms with E-state index in [-0.39, 0.29) is 11.3 Å². The Morgan fingerprint density at radius 3 is 2.44 bits per heavy atom. The summed E-state index contributed by atoms with van der Waals surface area (Å²) in [7, 11) is 0. The zero-order valence-electron chi connectivity index (χ0n) is 9.40. The average molecular weight is 244 g/mol. The lowest BCUT2D eigenvalue weighted by Crippen LogP contribution is -2.49. The molecule has 3 rings (SSSR count). The normalized spacial score (nSPS) is 42.7. The molecule has 0 spiro atoms. The number of piperidine rings is 1. The number of halogens is 1. The lowest BCUT2D eigenvalue weighted by molar-refractivity contribution is -0.139. The van der Waals surface area contributed by atoms with E-state index in [0.29, 0.717) is 24.6 Å². The Morgan fingerprint density at radius 1 is 1.19 bits per heavy atom. The molecule has 1 amide bonds. The van der Waals surface area contributed by atoms with Crippen molar-refractivity contribution >= 4 is 17.5 Å². The molecule has 16 heavy (non-hydrogen) atoms. The number of nitrogens with zero attached hydrogens (tertiary/aromatic N) is 1. The maximum absolute atomic E-state index is 12.4. The number of ether oxygens (including phenoxy) is 1. The molecule has 3 nitrogen and oxygen atoms in total. The molecule has 3 fully saturated rings. The number of rotatable bonds is 1. The van der Waals surface area contributed by atoms with Gasteiger partial charge in [-0.15, -0.1) is 11.6 Å². The molecule has 2 bridgehead atoms. The van der Waals surface area contributed by atoms with E-state index in [9.17, 15) is 4.79 Å². The van der Waals surface area contributed by atoms with Crippen LogP contribution in [0.15, 0.2) is 0 Å². The number of hydrogen-bond acceptors (Lipinski definition) is 2. The third kappa shape index (κ3) is 1.74. The number of hydrogen-bond donors (Lipinski definition) is 0. The van der Waals surface area contributed by atoms with Gasteiger partial charge in [-0.2, -0.15) is 0 Å². The number of fused-ring (bicyclic) bond motifs is 2. The second-order valence-electron chi connectivity index (χ2n) is 5.26. The second kappa shape index (κ2) is 4.19. The van der Waals surface area contributed by atoms with Crippen molar-refractivity contribution in [2.45, 2.75) is 49.6 Å². The lowest BCUT2D eigenvalue weighted by atomic mass is 9.98. The first-order valence-electron chi connectivity index (χ1n) is 6.29. The average Bonchev–Trinajstić information content (AvgIpc) is 2.85. The van der Waals surface area contributed by atoms with Crippen molar-refractivity contribution in [1.82, 2.24) is 4.90 Å². The zero-order chi connectivity index (χ0) is 11.1. The smallest absolute Gasteiger partial charge is 0.228 e. The van der Waals surface area contributed by atoms with Gasteiger partial charge in [0, 0.05) is 24.1 Å². The van der Waals surface area contributed by atoms with E-state index < -0.39 is 0 Å². The number of amides is 1. The van der Waals surface area contributed by atoms with E-state index in [1.54, 1.807) is 0 Å². The molecular formula is C12H18ClNO2. The van der Waals surface area contributed by atoms with Gasteiger partial charge in [0.15, 0.2) is 0 Å². The van der Waals surface area contributed by atoms with Gasteiger partial charge in [0.2, 0.25) is 5.91 Å². The Bertz CT molecular complexity index is 277. The van der Waals surface area contributed by atoms with E-state index in [1.807, 2.05) is 0 Å². The second-order valence-corrected chi connectivity index (χ2v) is 5.88. The molecule has 0 radical (unpaired) electrons. The Hall–Kier alpha value is -0.280. The van der Waals surface area contributed by atoms with Crippen LogP contribution in [0.4, 0.5) is 0 Å². The van der Waals surface area contributed by atoms with Crippen LogP contribution in [0.1, 0.15) is 32.1 Å². The molecule has 3 saturated heterocycles. The molecule has 0 aromatic carbocycles. The third-order valence-corrected chi connectivity index (χ3v) is 4.57. The Balaban J connectivity index is 1.72. The van der Waals surface area contributed by atoms with Gasteiger partial charge in [-0.3, -0.25) is 4.79 Å². The van der Waals surface area contributed by atoms with Crippen LogP contribution < -0.4 is 0 Å². The summed E-state index contributed by atoms with van der Waals surface area (Å²) < 4.78 is 5.31. The van der Waals surface area contributed by atoms with Gasteiger partial charge in [0.05, 0.1) is 12.5 Å². The highest BCUT2D eigenvalue weighted by molar-refractivity contribution is 6.20. The Labute approximate surface area is 101 Å². The largest absolute Gasteiger partial charge is 0.381 e. The molecule has 0 saturated carbocycles. The van der Waals surface area contributed by atoms with E-state index in [2.05, 4.69) is 4.90 Å². The summed E-state index contributed by atoms with van der Waals surface area (Å²) in [6.45, 7) is 1.37. The van der Waals surface area contributed by atoms with Crippen molar-refractivity contribution in [1.29, 1.82) is 0 Å². The molecule has 0 aromatic rings. The molecule has 0 aromatic heterocycles. The number of alkyl halides is 1. The van der Waals surface area contributed by atoms with Crippen molar-refractivity contribution in [3.8, 4) is 0 Å². The maximum atomic E-state index is 12.4. The summed E-state index contributed by atoms with van der Waals surface area (Å²) in [6.07, 6.45) is 5.16. The third-order valence-electron chi connectivity index (χ3n) is 4.21. The van der Waals surface area contributed by atoms with Crippen molar-refractivity contribution < 1.29 is 9.53 Å². The summed E-state index contributed by atoms with van der Waals surface area (Å²) in [5, 5.41) is 0.279. The highest BCUT2D eigenvalue weighted by Gasteiger charge is 2.44. The molecule has 0 aliphatic carbocycles. The van der Waals surface area contributed by atoms with Crippen molar-refractivity contribution in [2.24, 2.45) is 5.92 Å². The van der Waals surface area contributed by atoms with Crippen LogP contribution in [-0.4, -0.2) is 41.5 Å². The lowest BCUT2D eigenvalue weighted by Gasteiger charge is -2.38. The fourth-order valence-corrected chi connectivity index (χ4v) is 3.82. The maximum Gasteiger partial charge on any atom is 0.228 e. The van der Waals surface area contributed by atoms with Crippen molar-refractivity contribution in [3.63, 3.8) is 0 Å². The standard InChI is InChI=1S/C12H18ClNO2/c13-9-5-10-1-2-11(6-9)14(10)12(15)8-3-4-16-7-8/h8-11H,1-7H2. The monoisotopic (exact) mass is 243 g/mol. The van der Waals surface area contributed by atoms with Gasteiger partial charge >= 0.3 is 0 Å². The minimum Gasteiger partial charge on any atom is -0.381 e. The zero-order valence-corrected chi connectivity index (χ0v) is 10.2. The summed E-state index contributed by atoms with van der Waals surface area (Å²) >= 11 is 6.21. The quantitative estimate of drug-likeness (QED) is 0.657. The van der Waals surface area contributed by atoms with Crippen LogP contribution >= 0.6 is 11.6 Å². The number of carbonyl (C=O) groups is 1. The molecule has 4 heteroatoms. The molecule has 3 atom stereocenters. The summed E-state index contributed by atoms with van der Waals surface area (Å²) in [6, 6.07) is 0.823. The molecule has 90 valence electrons. The minimum atomic E-state index is 0.120. The molecule has 3 aliphatic rings. The molecule has 3 aliphatic heterocycles. The van der Waals surface area contributed by atoms with E-state index in [1.165, 1.54) is 0 Å².